The van der Waals surface area contributed by atoms with Crippen molar-refractivity contribution in [1.82, 2.24) is 14.8 Å². The van der Waals surface area contributed by atoms with Crippen LogP contribution < -0.4 is 5.73 Å². The summed E-state index contributed by atoms with van der Waals surface area (Å²) in [5, 5.41) is 12.9. The van der Waals surface area contributed by atoms with E-state index >= 15 is 0 Å². The predicted octanol–water partition coefficient (Wildman–Crippen LogP) is 1.39. The molecule has 5 heteroatoms. The summed E-state index contributed by atoms with van der Waals surface area (Å²) < 4.78 is 1.65. The Balaban J connectivity index is 2.40. The lowest BCUT2D eigenvalue weighted by Gasteiger charge is -2.21. The molecule has 0 saturated carbocycles. The van der Waals surface area contributed by atoms with Crippen molar-refractivity contribution in [3.63, 3.8) is 0 Å². The second kappa shape index (κ2) is 4.98. The van der Waals surface area contributed by atoms with E-state index in [1.54, 1.807) is 11.0 Å². The summed E-state index contributed by atoms with van der Waals surface area (Å²) in [5.41, 5.74) is 8.27. The van der Waals surface area contributed by atoms with Crippen LogP contribution in [-0.2, 0) is 0 Å². The van der Waals surface area contributed by atoms with E-state index in [1.807, 2.05) is 44.2 Å². The van der Waals surface area contributed by atoms with Gasteiger partial charge in [0.1, 0.15) is 12.4 Å². The topological polar surface area (TPSA) is 80.5 Å². The maximum absolute atomic E-state index is 8.76. The first-order valence-electron chi connectivity index (χ1n) is 5.75. The molecular formula is C13H15N5. The standard InChI is InChI=1S/C13H15N5/c1-9-3-5-11(6-4-9)13(10(2)15)18-8-16-12(7-14)17-18/h3-6,8,10,13H,15H2,1-2H3. The average molecular weight is 241 g/mol. The third-order valence-corrected chi connectivity index (χ3v) is 2.81. The highest BCUT2D eigenvalue weighted by Gasteiger charge is 2.19. The number of nitrogens with zero attached hydrogens (tertiary/aromatic N) is 4. The van der Waals surface area contributed by atoms with Gasteiger partial charge in [0.15, 0.2) is 0 Å². The first kappa shape index (κ1) is 12.3. The molecule has 0 aliphatic rings. The van der Waals surface area contributed by atoms with E-state index in [1.165, 1.54) is 5.56 Å². The summed E-state index contributed by atoms with van der Waals surface area (Å²) >= 11 is 0. The van der Waals surface area contributed by atoms with Crippen LogP contribution in [-0.4, -0.2) is 20.8 Å². The highest BCUT2D eigenvalue weighted by atomic mass is 15.3. The van der Waals surface area contributed by atoms with Crippen LogP contribution in [0.4, 0.5) is 0 Å². The molecule has 0 aliphatic carbocycles. The molecule has 2 N–H and O–H groups in total. The lowest BCUT2D eigenvalue weighted by Crippen LogP contribution is -2.30. The smallest absolute Gasteiger partial charge is 0.252 e. The van der Waals surface area contributed by atoms with Gasteiger partial charge in [0.25, 0.3) is 5.82 Å². The lowest BCUT2D eigenvalue weighted by atomic mass is 10.0. The fraction of sp³-hybridized carbons (Fsp3) is 0.308. The number of rotatable bonds is 3. The lowest BCUT2D eigenvalue weighted by molar-refractivity contribution is 0.452. The van der Waals surface area contributed by atoms with Gasteiger partial charge in [-0.25, -0.2) is 9.67 Å². The molecule has 0 bridgehead atoms. The monoisotopic (exact) mass is 241 g/mol. The number of nitrogens with two attached hydrogens (primary N) is 1. The van der Waals surface area contributed by atoms with Gasteiger partial charge in [-0.2, -0.15) is 5.26 Å². The highest BCUT2D eigenvalue weighted by molar-refractivity contribution is 5.25. The molecule has 1 heterocycles. The number of hydrogen-bond donors (Lipinski definition) is 1. The van der Waals surface area contributed by atoms with Crippen molar-refractivity contribution < 1.29 is 0 Å². The van der Waals surface area contributed by atoms with Crippen molar-refractivity contribution >= 4 is 0 Å². The summed E-state index contributed by atoms with van der Waals surface area (Å²) in [6, 6.07) is 9.80. The fourth-order valence-corrected chi connectivity index (χ4v) is 1.92. The van der Waals surface area contributed by atoms with Gasteiger partial charge in [-0.1, -0.05) is 29.8 Å². The first-order valence-corrected chi connectivity index (χ1v) is 5.75. The van der Waals surface area contributed by atoms with Crippen molar-refractivity contribution in [3.05, 3.63) is 47.5 Å². The Labute approximate surface area is 106 Å². The van der Waals surface area contributed by atoms with Crippen LogP contribution in [0.2, 0.25) is 0 Å². The second-order valence-corrected chi connectivity index (χ2v) is 4.37. The molecule has 1 aromatic heterocycles. The predicted molar refractivity (Wildman–Crippen MR) is 67.7 cm³/mol. The summed E-state index contributed by atoms with van der Waals surface area (Å²) in [6.45, 7) is 3.95. The van der Waals surface area contributed by atoms with E-state index in [0.717, 1.165) is 5.56 Å². The van der Waals surface area contributed by atoms with Gasteiger partial charge in [0.2, 0.25) is 0 Å². The summed E-state index contributed by atoms with van der Waals surface area (Å²) in [4.78, 5) is 3.92. The van der Waals surface area contributed by atoms with Gasteiger partial charge in [-0.15, -0.1) is 5.10 Å². The molecule has 2 aromatic rings. The molecule has 5 nitrogen and oxygen atoms in total. The highest BCUT2D eigenvalue weighted by Crippen LogP contribution is 2.20. The number of benzene rings is 1. The van der Waals surface area contributed by atoms with Crippen LogP contribution in [0, 0.1) is 18.3 Å². The maximum atomic E-state index is 8.76. The van der Waals surface area contributed by atoms with Crippen molar-refractivity contribution in [2.75, 3.05) is 0 Å². The summed E-state index contributed by atoms with van der Waals surface area (Å²) in [5.74, 6) is 0.160. The second-order valence-electron chi connectivity index (χ2n) is 4.37. The molecule has 18 heavy (non-hydrogen) atoms. The Kier molecular flexibility index (Phi) is 3.40. The fourth-order valence-electron chi connectivity index (χ4n) is 1.92. The van der Waals surface area contributed by atoms with Crippen molar-refractivity contribution in [2.24, 2.45) is 5.73 Å². The van der Waals surface area contributed by atoms with Gasteiger partial charge >= 0.3 is 0 Å². The Morgan fingerprint density at radius 3 is 2.50 bits per heavy atom. The minimum Gasteiger partial charge on any atom is -0.326 e. The molecule has 0 fully saturated rings. The Morgan fingerprint density at radius 1 is 1.33 bits per heavy atom. The van der Waals surface area contributed by atoms with Crippen LogP contribution in [0.15, 0.2) is 30.6 Å². The van der Waals surface area contributed by atoms with E-state index in [9.17, 15) is 0 Å². The summed E-state index contributed by atoms with van der Waals surface area (Å²) in [6.07, 6.45) is 1.55. The van der Waals surface area contributed by atoms with Gasteiger partial charge < -0.3 is 5.73 Å². The molecule has 0 saturated heterocycles. The van der Waals surface area contributed by atoms with Crippen LogP contribution in [0.1, 0.15) is 29.9 Å². The maximum Gasteiger partial charge on any atom is 0.252 e. The molecule has 0 aliphatic heterocycles. The van der Waals surface area contributed by atoms with Crippen LogP contribution >= 0.6 is 0 Å². The first-order chi connectivity index (χ1) is 8.61. The molecule has 0 spiro atoms. The van der Waals surface area contributed by atoms with Crippen molar-refractivity contribution in [2.45, 2.75) is 25.9 Å². The van der Waals surface area contributed by atoms with Gasteiger partial charge in [-0.3, -0.25) is 0 Å². The molecule has 2 unspecified atom stereocenters. The number of aryl methyl sites for hydroxylation is 1. The minimum absolute atomic E-state index is 0.111. The van der Waals surface area contributed by atoms with Crippen LogP contribution in [0.25, 0.3) is 0 Å². The van der Waals surface area contributed by atoms with E-state index in [2.05, 4.69) is 10.1 Å². The molecule has 92 valence electrons. The molecule has 2 rings (SSSR count). The quantitative estimate of drug-likeness (QED) is 0.880. The number of aromatic nitrogens is 3. The summed E-state index contributed by atoms with van der Waals surface area (Å²) in [7, 11) is 0. The van der Waals surface area contributed by atoms with Crippen molar-refractivity contribution in [1.29, 1.82) is 5.26 Å². The van der Waals surface area contributed by atoms with Crippen LogP contribution in [0.5, 0.6) is 0 Å². The Morgan fingerprint density at radius 2 is 2.00 bits per heavy atom. The van der Waals surface area contributed by atoms with Crippen LogP contribution in [0.3, 0.4) is 0 Å². The largest absolute Gasteiger partial charge is 0.326 e. The SMILES string of the molecule is Cc1ccc(C(C(C)N)n2cnc(C#N)n2)cc1. The zero-order chi connectivity index (χ0) is 13.1. The molecule has 2 atom stereocenters. The molecular weight excluding hydrogens is 226 g/mol. The Hall–Kier alpha value is -2.19. The average Bonchev–Trinajstić information content (AvgIpc) is 2.80. The van der Waals surface area contributed by atoms with E-state index < -0.39 is 0 Å². The van der Waals surface area contributed by atoms with E-state index in [-0.39, 0.29) is 17.9 Å². The zero-order valence-electron chi connectivity index (χ0n) is 10.4. The Bertz CT molecular complexity index is 562. The third-order valence-electron chi connectivity index (χ3n) is 2.81. The van der Waals surface area contributed by atoms with Gasteiger partial charge in [0.05, 0.1) is 6.04 Å². The van der Waals surface area contributed by atoms with E-state index in [0.29, 0.717) is 0 Å². The molecule has 0 radical (unpaired) electrons. The van der Waals surface area contributed by atoms with Gasteiger partial charge in [-0.05, 0) is 19.4 Å². The van der Waals surface area contributed by atoms with Crippen molar-refractivity contribution in [3.8, 4) is 6.07 Å². The third kappa shape index (κ3) is 2.39. The normalized spacial score (nSPS) is 13.9. The number of hydrogen-bond acceptors (Lipinski definition) is 4. The molecule has 0 amide bonds. The molecule has 1 aromatic carbocycles. The van der Waals surface area contributed by atoms with E-state index in [4.69, 9.17) is 11.0 Å². The van der Waals surface area contributed by atoms with Gasteiger partial charge in [0, 0.05) is 6.04 Å². The number of nitriles is 1. The minimum atomic E-state index is -0.124. The zero-order valence-corrected chi connectivity index (χ0v) is 10.4.